The summed E-state index contributed by atoms with van der Waals surface area (Å²) in [6.45, 7) is 0. The number of imide groups is 2. The molecule has 10 heteroatoms. The van der Waals surface area contributed by atoms with Crippen molar-refractivity contribution in [1.29, 1.82) is 0 Å². The van der Waals surface area contributed by atoms with Crippen LogP contribution in [0.5, 0.6) is 5.88 Å². The summed E-state index contributed by atoms with van der Waals surface area (Å²) in [6, 6.07) is 15.8. The van der Waals surface area contributed by atoms with Crippen molar-refractivity contribution in [2.24, 2.45) is 17.8 Å². The lowest BCUT2D eigenvalue weighted by molar-refractivity contribution is -0.278. The first-order valence-corrected chi connectivity index (χ1v) is 15.3. The second-order valence-corrected chi connectivity index (χ2v) is 11.8. The van der Waals surface area contributed by atoms with Crippen molar-refractivity contribution < 1.29 is 19.5 Å². The number of hydrogen-bond acceptors (Lipinski definition) is 6. The maximum absolute atomic E-state index is 13.4. The summed E-state index contributed by atoms with van der Waals surface area (Å²) in [5.74, 6) is -1.04. The fourth-order valence-electron chi connectivity index (χ4n) is 6.84. The third-order valence-corrected chi connectivity index (χ3v) is 9.13. The van der Waals surface area contributed by atoms with Gasteiger partial charge in [0.25, 0.3) is 17.4 Å². The Morgan fingerprint density at radius 2 is 1.49 bits per heavy atom. The van der Waals surface area contributed by atoms with Gasteiger partial charge in [0.05, 0.1) is 5.69 Å². The van der Waals surface area contributed by atoms with E-state index in [2.05, 4.69) is 10.3 Å². The Kier molecular flexibility index (Phi) is 8.46. The number of allylic oxidation sites excluding steroid dienone is 4. The van der Waals surface area contributed by atoms with Gasteiger partial charge in [-0.3, -0.25) is 29.3 Å². The molecule has 45 heavy (non-hydrogen) atoms. The molecule has 3 aliphatic rings. The Bertz CT molecular complexity index is 1840. The summed E-state index contributed by atoms with van der Waals surface area (Å²) in [7, 11) is 0. The van der Waals surface area contributed by atoms with Gasteiger partial charge >= 0.3 is 11.7 Å². The summed E-state index contributed by atoms with van der Waals surface area (Å²) < 4.78 is 0.917. The first kappa shape index (κ1) is 29.8. The highest BCUT2D eigenvalue weighted by atomic mass is 16.3. The van der Waals surface area contributed by atoms with Gasteiger partial charge in [-0.25, -0.2) is 14.5 Å². The van der Waals surface area contributed by atoms with Crippen molar-refractivity contribution in [2.75, 3.05) is 4.90 Å². The molecule has 6 rings (SSSR count). The number of nitrogens with one attached hydrogen (secondary N) is 2. The molecule has 3 aromatic rings. The number of para-hydroxylation sites is 2. The van der Waals surface area contributed by atoms with E-state index in [0.29, 0.717) is 23.2 Å². The van der Waals surface area contributed by atoms with E-state index in [1.54, 1.807) is 72.8 Å². The van der Waals surface area contributed by atoms with Crippen LogP contribution in [0.25, 0.3) is 11.8 Å². The van der Waals surface area contributed by atoms with E-state index in [4.69, 9.17) is 0 Å². The van der Waals surface area contributed by atoms with Gasteiger partial charge in [0.2, 0.25) is 0 Å². The minimum atomic E-state index is -0.830. The van der Waals surface area contributed by atoms with Gasteiger partial charge in [-0.15, -0.1) is 0 Å². The molecule has 3 atom stereocenters. The Morgan fingerprint density at radius 1 is 0.822 bits per heavy atom. The van der Waals surface area contributed by atoms with Gasteiger partial charge in [-0.05, 0) is 84.9 Å². The van der Waals surface area contributed by atoms with Crippen LogP contribution in [0.4, 0.5) is 10.5 Å². The molecule has 1 aliphatic heterocycles. The summed E-state index contributed by atoms with van der Waals surface area (Å²) in [5.41, 5.74) is -0.662. The molecule has 10 nitrogen and oxygen atoms in total. The molecular weight excluding hydrogens is 572 g/mol. The number of amides is 4. The molecule has 2 aromatic carbocycles. The highest BCUT2D eigenvalue weighted by Crippen LogP contribution is 2.45. The monoisotopic (exact) mass is 605 g/mol. The Morgan fingerprint density at radius 3 is 2.20 bits per heavy atom. The van der Waals surface area contributed by atoms with Crippen molar-refractivity contribution in [3.63, 3.8) is 0 Å². The van der Waals surface area contributed by atoms with Gasteiger partial charge in [0, 0.05) is 11.3 Å². The fourth-order valence-corrected chi connectivity index (χ4v) is 6.84. The Balaban J connectivity index is 1.39. The van der Waals surface area contributed by atoms with E-state index in [9.17, 15) is 29.1 Å². The maximum Gasteiger partial charge on any atom is 0.335 e. The normalized spacial score (nSPS) is 23.3. The van der Waals surface area contributed by atoms with E-state index in [1.807, 2.05) is 0 Å². The molecule has 1 saturated heterocycles. The average Bonchev–Trinajstić information content (AvgIpc) is 3.04. The van der Waals surface area contributed by atoms with Crippen LogP contribution in [0.15, 0.2) is 99.6 Å². The molecule has 2 heterocycles. The number of carbonyl (C=O) groups is 3. The van der Waals surface area contributed by atoms with Crippen LogP contribution in [-0.2, 0) is 9.59 Å². The second kappa shape index (κ2) is 12.8. The highest BCUT2D eigenvalue weighted by Gasteiger charge is 2.37. The lowest BCUT2D eigenvalue weighted by Gasteiger charge is -2.39. The van der Waals surface area contributed by atoms with Crippen LogP contribution in [0.3, 0.4) is 0 Å². The molecular formula is C35H33N4O6-. The lowest BCUT2D eigenvalue weighted by atomic mass is 9.66. The number of rotatable bonds is 6. The number of barbiturate groups is 1. The standard InChI is InChI=1S/C35H34N4O6/c40-30-28(32(42)38(34(44)36-30)26-11-3-1-4-12-26)19-17-23(25-16-15-22-9-7-8-10-24(22)21-25)18-20-29-31(41)37-35(45)39(33(29)43)27-13-5-2-6-14-27/h1-6,11-14,17-20,22,24-25,42H,7-10,15-16,21H2,(H,36,40,44)(H,37,41,45)/p-1/b19-17+,23-18-,29-20+. The molecule has 0 spiro atoms. The van der Waals surface area contributed by atoms with Crippen molar-refractivity contribution in [3.05, 3.63) is 116 Å². The molecule has 0 bridgehead atoms. The minimum Gasteiger partial charge on any atom is -0.859 e. The molecule has 3 unspecified atom stereocenters. The van der Waals surface area contributed by atoms with Gasteiger partial charge in [0.1, 0.15) is 5.57 Å². The topological polar surface area (TPSA) is 144 Å². The van der Waals surface area contributed by atoms with Crippen molar-refractivity contribution in [2.45, 2.75) is 44.9 Å². The zero-order valence-electron chi connectivity index (χ0n) is 24.6. The molecule has 2 aliphatic carbocycles. The second-order valence-electron chi connectivity index (χ2n) is 11.8. The van der Waals surface area contributed by atoms with Gasteiger partial charge in [-0.1, -0.05) is 74.2 Å². The number of aromatic amines is 1. The third-order valence-electron chi connectivity index (χ3n) is 9.13. The number of aromatic nitrogens is 2. The van der Waals surface area contributed by atoms with Crippen molar-refractivity contribution in [1.82, 2.24) is 14.9 Å². The molecule has 2 saturated carbocycles. The van der Waals surface area contributed by atoms with Crippen LogP contribution in [0.1, 0.15) is 50.5 Å². The van der Waals surface area contributed by atoms with Crippen molar-refractivity contribution in [3.8, 4) is 11.6 Å². The lowest BCUT2D eigenvalue weighted by Crippen LogP contribution is -2.54. The van der Waals surface area contributed by atoms with Gasteiger partial charge < -0.3 is 5.11 Å². The fraction of sp³-hybridized carbons (Fsp3) is 0.286. The molecule has 2 N–H and O–H groups in total. The molecule has 4 amide bonds. The summed E-state index contributed by atoms with van der Waals surface area (Å²) >= 11 is 0. The Labute approximate surface area is 259 Å². The zero-order valence-corrected chi connectivity index (χ0v) is 24.6. The number of urea groups is 1. The summed E-state index contributed by atoms with van der Waals surface area (Å²) in [6.07, 6.45) is 13.7. The van der Waals surface area contributed by atoms with Crippen LogP contribution in [0, 0.1) is 17.8 Å². The first-order valence-electron chi connectivity index (χ1n) is 15.3. The van der Waals surface area contributed by atoms with E-state index in [1.165, 1.54) is 31.4 Å². The maximum atomic E-state index is 13.4. The van der Waals surface area contributed by atoms with Crippen molar-refractivity contribution >= 4 is 29.6 Å². The summed E-state index contributed by atoms with van der Waals surface area (Å²) in [4.78, 5) is 67.4. The highest BCUT2D eigenvalue weighted by molar-refractivity contribution is 6.37. The predicted octanol–water partition coefficient (Wildman–Crippen LogP) is 4.35. The minimum absolute atomic E-state index is 0.0558. The number of carbonyl (C=O) groups excluding carboxylic acids is 3. The Hall–Kier alpha value is -5.25. The molecule has 3 fully saturated rings. The average molecular weight is 606 g/mol. The van der Waals surface area contributed by atoms with Crippen LogP contribution >= 0.6 is 0 Å². The van der Waals surface area contributed by atoms with Gasteiger partial charge in [-0.2, -0.15) is 0 Å². The molecule has 230 valence electrons. The van der Waals surface area contributed by atoms with E-state index >= 15 is 0 Å². The van der Waals surface area contributed by atoms with E-state index < -0.39 is 35.0 Å². The number of benzene rings is 2. The number of nitrogens with zero attached hydrogens (tertiary/aromatic N) is 2. The molecule has 1 aromatic heterocycles. The first-order chi connectivity index (χ1) is 21.8. The number of H-pyrrole nitrogens is 1. The number of hydrogen-bond donors (Lipinski definition) is 2. The van der Waals surface area contributed by atoms with Crippen LogP contribution in [0.2, 0.25) is 0 Å². The smallest absolute Gasteiger partial charge is 0.335 e. The SMILES string of the molecule is O=C1NC(=O)N(c2ccccc2)C(=O)/C1=C/C=C(/C=C/c1c([O-])n(-c2ccccc2)c(=O)[nH]c1=O)C1CCC2CCCCC2C1. The zero-order chi connectivity index (χ0) is 31.5. The number of anilines is 1. The quantitative estimate of drug-likeness (QED) is 0.243. The predicted molar refractivity (Wildman–Crippen MR) is 168 cm³/mol. The largest absolute Gasteiger partial charge is 0.859 e. The third kappa shape index (κ3) is 6.08. The van der Waals surface area contributed by atoms with E-state index in [0.717, 1.165) is 40.7 Å². The number of fused-ring (bicyclic) bond motifs is 1. The van der Waals surface area contributed by atoms with Crippen LogP contribution < -0.4 is 26.6 Å². The van der Waals surface area contributed by atoms with Gasteiger partial charge in [0.15, 0.2) is 0 Å². The van der Waals surface area contributed by atoms with Crippen LogP contribution in [-0.4, -0.2) is 27.4 Å². The summed E-state index contributed by atoms with van der Waals surface area (Å²) in [5, 5.41) is 15.6. The van der Waals surface area contributed by atoms with E-state index in [-0.39, 0.29) is 17.1 Å². The molecule has 0 radical (unpaired) electrons.